The summed E-state index contributed by atoms with van der Waals surface area (Å²) in [5, 5.41) is 0.599. The number of aromatic nitrogens is 1. The SMILES string of the molecule is COCCn1c(C)cc(C(=O)COC(=O)c2cc3ccccc3oc2=O)c1C. The highest BCUT2D eigenvalue weighted by Crippen LogP contribution is 2.17. The number of aryl methyl sites for hydroxylation is 1. The molecule has 7 heteroatoms. The number of ketones is 1. The molecule has 0 aliphatic rings. The number of methoxy groups -OCH3 is 1. The van der Waals surface area contributed by atoms with Crippen LogP contribution in [0.2, 0.25) is 0 Å². The van der Waals surface area contributed by atoms with Crippen molar-refractivity contribution in [2.45, 2.75) is 20.4 Å². The van der Waals surface area contributed by atoms with Crippen LogP contribution in [0.25, 0.3) is 11.0 Å². The van der Waals surface area contributed by atoms with Crippen LogP contribution in [0.5, 0.6) is 0 Å². The summed E-state index contributed by atoms with van der Waals surface area (Å²) in [4.78, 5) is 36.8. The molecule has 0 aliphatic carbocycles. The van der Waals surface area contributed by atoms with E-state index in [4.69, 9.17) is 13.9 Å². The summed E-state index contributed by atoms with van der Waals surface area (Å²) >= 11 is 0. The maximum absolute atomic E-state index is 12.5. The van der Waals surface area contributed by atoms with Crippen molar-refractivity contribution < 1.29 is 23.5 Å². The van der Waals surface area contributed by atoms with E-state index in [1.807, 2.05) is 18.4 Å². The predicted molar refractivity (Wildman–Crippen MR) is 103 cm³/mol. The predicted octanol–water partition coefficient (Wildman–Crippen LogP) is 2.90. The molecule has 0 saturated carbocycles. The lowest BCUT2D eigenvalue weighted by molar-refractivity contribution is 0.0470. The zero-order valence-corrected chi connectivity index (χ0v) is 16.0. The first kappa shape index (κ1) is 19.6. The minimum Gasteiger partial charge on any atom is -0.453 e. The molecule has 28 heavy (non-hydrogen) atoms. The van der Waals surface area contributed by atoms with Crippen molar-refractivity contribution in [2.24, 2.45) is 0 Å². The van der Waals surface area contributed by atoms with Gasteiger partial charge in [-0.1, -0.05) is 18.2 Å². The number of rotatable bonds is 7. The van der Waals surface area contributed by atoms with Crippen LogP contribution in [0.15, 0.2) is 45.6 Å². The summed E-state index contributed by atoms with van der Waals surface area (Å²) in [6.45, 7) is 4.41. The number of carbonyl (C=O) groups is 2. The number of ether oxygens (including phenoxy) is 2. The monoisotopic (exact) mass is 383 g/mol. The second kappa shape index (κ2) is 8.22. The van der Waals surface area contributed by atoms with E-state index >= 15 is 0 Å². The summed E-state index contributed by atoms with van der Waals surface area (Å²) in [7, 11) is 1.61. The first-order valence-corrected chi connectivity index (χ1v) is 8.81. The van der Waals surface area contributed by atoms with Gasteiger partial charge in [0.05, 0.1) is 6.61 Å². The fourth-order valence-electron chi connectivity index (χ4n) is 3.10. The van der Waals surface area contributed by atoms with Crippen molar-refractivity contribution in [3.05, 3.63) is 69.3 Å². The first-order valence-electron chi connectivity index (χ1n) is 8.81. The number of Topliss-reactive ketones (excluding diaryl/α,β-unsaturated/α-hetero) is 1. The van der Waals surface area contributed by atoms with E-state index in [1.54, 1.807) is 37.4 Å². The highest BCUT2D eigenvalue weighted by Gasteiger charge is 2.20. The number of hydrogen-bond acceptors (Lipinski definition) is 6. The smallest absolute Gasteiger partial charge is 0.351 e. The normalized spacial score (nSPS) is 11.0. The summed E-state index contributed by atoms with van der Waals surface area (Å²) in [5.74, 6) is -1.23. The fourth-order valence-corrected chi connectivity index (χ4v) is 3.10. The molecule has 0 unspecified atom stereocenters. The van der Waals surface area contributed by atoms with Crippen molar-refractivity contribution in [3.8, 4) is 0 Å². The molecule has 0 aliphatic heterocycles. The molecule has 3 rings (SSSR count). The molecule has 146 valence electrons. The number of para-hydroxylation sites is 1. The van der Waals surface area contributed by atoms with E-state index in [-0.39, 0.29) is 11.3 Å². The number of fused-ring (bicyclic) bond motifs is 1. The van der Waals surface area contributed by atoms with Crippen LogP contribution < -0.4 is 5.63 Å². The van der Waals surface area contributed by atoms with E-state index < -0.39 is 18.2 Å². The van der Waals surface area contributed by atoms with Gasteiger partial charge in [0.1, 0.15) is 11.1 Å². The van der Waals surface area contributed by atoms with Gasteiger partial charge in [-0.05, 0) is 32.0 Å². The number of esters is 1. The molecular weight excluding hydrogens is 362 g/mol. The van der Waals surface area contributed by atoms with Gasteiger partial charge in [-0.25, -0.2) is 9.59 Å². The van der Waals surface area contributed by atoms with Crippen molar-refractivity contribution in [1.82, 2.24) is 4.57 Å². The third-order valence-electron chi connectivity index (χ3n) is 4.59. The summed E-state index contributed by atoms with van der Waals surface area (Å²) in [6, 6.07) is 10.0. The Bertz CT molecular complexity index is 1090. The maximum Gasteiger partial charge on any atom is 0.351 e. The summed E-state index contributed by atoms with van der Waals surface area (Å²) in [5.41, 5.74) is 1.52. The molecule has 7 nitrogen and oxygen atoms in total. The Kier molecular flexibility index (Phi) is 5.75. The third-order valence-corrected chi connectivity index (χ3v) is 4.59. The van der Waals surface area contributed by atoms with E-state index in [1.165, 1.54) is 6.07 Å². The number of benzene rings is 1. The summed E-state index contributed by atoms with van der Waals surface area (Å²) < 4.78 is 17.3. The summed E-state index contributed by atoms with van der Waals surface area (Å²) in [6.07, 6.45) is 0. The molecule has 0 fully saturated rings. The minimum absolute atomic E-state index is 0.239. The lowest BCUT2D eigenvalue weighted by atomic mass is 10.1. The Morgan fingerprint density at radius 3 is 2.61 bits per heavy atom. The van der Waals surface area contributed by atoms with Gasteiger partial charge in [0.25, 0.3) is 0 Å². The van der Waals surface area contributed by atoms with Crippen LogP contribution in [0.1, 0.15) is 32.1 Å². The van der Waals surface area contributed by atoms with Crippen molar-refractivity contribution in [1.29, 1.82) is 0 Å². The highest BCUT2D eigenvalue weighted by molar-refractivity contribution is 6.00. The Morgan fingerprint density at radius 1 is 1.11 bits per heavy atom. The Labute approximate surface area is 161 Å². The maximum atomic E-state index is 12.5. The van der Waals surface area contributed by atoms with Crippen molar-refractivity contribution >= 4 is 22.7 Å². The molecule has 0 spiro atoms. The van der Waals surface area contributed by atoms with Crippen LogP contribution >= 0.6 is 0 Å². The molecular formula is C21H21NO6. The van der Waals surface area contributed by atoms with E-state index in [0.717, 1.165) is 11.4 Å². The van der Waals surface area contributed by atoms with Gasteiger partial charge in [-0.3, -0.25) is 4.79 Å². The molecule has 3 aromatic rings. The van der Waals surface area contributed by atoms with Crippen molar-refractivity contribution in [3.63, 3.8) is 0 Å². The van der Waals surface area contributed by atoms with Gasteiger partial charge in [0.2, 0.25) is 5.78 Å². The van der Waals surface area contributed by atoms with Gasteiger partial charge < -0.3 is 18.5 Å². The third kappa shape index (κ3) is 3.89. The minimum atomic E-state index is -0.888. The van der Waals surface area contributed by atoms with E-state index in [0.29, 0.717) is 29.7 Å². The molecule has 0 N–H and O–H groups in total. The van der Waals surface area contributed by atoms with E-state index in [9.17, 15) is 14.4 Å². The fraction of sp³-hybridized carbons (Fsp3) is 0.286. The van der Waals surface area contributed by atoms with Crippen LogP contribution in [-0.4, -0.2) is 36.6 Å². The molecule has 0 atom stereocenters. The largest absolute Gasteiger partial charge is 0.453 e. The second-order valence-corrected chi connectivity index (χ2v) is 6.41. The van der Waals surface area contributed by atoms with Crippen molar-refractivity contribution in [2.75, 3.05) is 20.3 Å². The molecule has 0 bridgehead atoms. The van der Waals surface area contributed by atoms with Gasteiger partial charge in [-0.2, -0.15) is 0 Å². The Morgan fingerprint density at radius 2 is 1.86 bits per heavy atom. The Hall–Kier alpha value is -3.19. The standard InChI is InChI=1S/C21H21NO6/c1-13-10-16(14(2)22(13)8-9-26-3)18(23)12-27-20(24)17-11-15-6-4-5-7-19(15)28-21(17)25/h4-7,10-11H,8-9,12H2,1-3H3. The average molecular weight is 383 g/mol. The van der Waals surface area contributed by atoms with Gasteiger partial charge in [0, 0.05) is 36.0 Å². The van der Waals surface area contributed by atoms with Crippen LogP contribution in [0.3, 0.4) is 0 Å². The number of hydrogen-bond donors (Lipinski definition) is 0. The van der Waals surface area contributed by atoms with Gasteiger partial charge >= 0.3 is 11.6 Å². The lowest BCUT2D eigenvalue weighted by Crippen LogP contribution is -2.20. The average Bonchev–Trinajstić information content (AvgIpc) is 2.97. The van der Waals surface area contributed by atoms with Gasteiger partial charge in [-0.15, -0.1) is 0 Å². The topological polar surface area (TPSA) is 87.7 Å². The first-order chi connectivity index (χ1) is 13.4. The van der Waals surface area contributed by atoms with Crippen LogP contribution in [0, 0.1) is 13.8 Å². The Balaban J connectivity index is 1.74. The molecule has 2 aromatic heterocycles. The van der Waals surface area contributed by atoms with Crippen LogP contribution in [-0.2, 0) is 16.0 Å². The molecule has 1 aromatic carbocycles. The lowest BCUT2D eigenvalue weighted by Gasteiger charge is -2.09. The van der Waals surface area contributed by atoms with Crippen LogP contribution in [0.4, 0.5) is 0 Å². The number of carbonyl (C=O) groups excluding carboxylic acids is 2. The number of nitrogens with zero attached hydrogens (tertiary/aromatic N) is 1. The van der Waals surface area contributed by atoms with Gasteiger partial charge in [0.15, 0.2) is 6.61 Å². The quantitative estimate of drug-likeness (QED) is 0.354. The highest BCUT2D eigenvalue weighted by atomic mass is 16.5. The zero-order chi connectivity index (χ0) is 20.3. The molecule has 0 amide bonds. The molecule has 2 heterocycles. The molecule has 0 radical (unpaired) electrons. The zero-order valence-electron chi connectivity index (χ0n) is 16.0. The molecule has 0 saturated heterocycles. The van der Waals surface area contributed by atoms with E-state index in [2.05, 4.69) is 0 Å². The second-order valence-electron chi connectivity index (χ2n) is 6.41.